The Morgan fingerprint density at radius 3 is 2.07 bits per heavy atom. The molecule has 0 aliphatic carbocycles. The topological polar surface area (TPSA) is 50.4 Å². The third-order valence-electron chi connectivity index (χ3n) is 4.49. The van der Waals surface area contributed by atoms with Crippen molar-refractivity contribution in [1.29, 1.82) is 0 Å². The van der Waals surface area contributed by atoms with Crippen molar-refractivity contribution in [2.24, 2.45) is 0 Å². The van der Waals surface area contributed by atoms with Gasteiger partial charge in [0.2, 0.25) is 5.91 Å². The molecule has 7 heteroatoms. The second-order valence-corrected chi connectivity index (χ2v) is 6.68. The van der Waals surface area contributed by atoms with Crippen LogP contribution in [0.25, 0.3) is 0 Å². The highest BCUT2D eigenvalue weighted by molar-refractivity contribution is 5.94. The van der Waals surface area contributed by atoms with Crippen molar-refractivity contribution < 1.29 is 22.7 Å². The van der Waals surface area contributed by atoms with Crippen molar-refractivity contribution in [3.63, 3.8) is 0 Å². The van der Waals surface area contributed by atoms with Crippen molar-refractivity contribution in [3.05, 3.63) is 95.8 Å². The Balaban J connectivity index is 1.77. The van der Waals surface area contributed by atoms with E-state index in [1.807, 2.05) is 30.3 Å². The van der Waals surface area contributed by atoms with Crippen molar-refractivity contribution >= 4 is 11.6 Å². The minimum absolute atomic E-state index is 0.0580. The summed E-state index contributed by atoms with van der Waals surface area (Å²) < 4.78 is 42.3. The average molecular weight is 414 g/mol. The number of benzene rings is 3. The molecule has 0 fully saturated rings. The molecule has 0 unspecified atom stereocenters. The average Bonchev–Trinajstić information content (AvgIpc) is 2.74. The van der Waals surface area contributed by atoms with Gasteiger partial charge in [-0.25, -0.2) is 4.39 Å². The molecule has 30 heavy (non-hydrogen) atoms. The third kappa shape index (κ3) is 5.84. The van der Waals surface area contributed by atoms with E-state index < -0.39 is 12.7 Å². The summed E-state index contributed by atoms with van der Waals surface area (Å²) in [4.78, 5) is 12.6. The van der Waals surface area contributed by atoms with Gasteiger partial charge in [0.1, 0.15) is 11.6 Å². The van der Waals surface area contributed by atoms with Crippen LogP contribution < -0.4 is 15.4 Å². The lowest BCUT2D eigenvalue weighted by Gasteiger charge is -2.24. The number of carbonyl (C=O) groups is 1. The van der Waals surface area contributed by atoms with Crippen molar-refractivity contribution in [2.75, 3.05) is 5.32 Å². The monoisotopic (exact) mass is 414 g/mol. The van der Waals surface area contributed by atoms with E-state index in [0.717, 1.165) is 11.1 Å². The first-order valence-corrected chi connectivity index (χ1v) is 9.34. The number of halogens is 3. The second kappa shape index (κ2) is 9.93. The Morgan fingerprint density at radius 2 is 1.47 bits per heavy atom. The number of carbonyl (C=O) groups excluding carboxylic acids is 1. The van der Waals surface area contributed by atoms with Crippen molar-refractivity contribution in [1.82, 2.24) is 5.32 Å². The Bertz CT molecular complexity index is 948. The quantitative estimate of drug-likeness (QED) is 0.537. The summed E-state index contributed by atoms with van der Waals surface area (Å²) in [6, 6.07) is 20.3. The highest BCUT2D eigenvalue weighted by Crippen LogP contribution is 2.25. The van der Waals surface area contributed by atoms with E-state index in [9.17, 15) is 18.0 Å². The zero-order valence-corrected chi connectivity index (χ0v) is 16.2. The first-order chi connectivity index (χ1) is 14.4. The molecule has 0 spiro atoms. The van der Waals surface area contributed by atoms with Crippen LogP contribution in [0, 0.1) is 5.82 Å². The lowest BCUT2D eigenvalue weighted by atomic mass is 9.97. The molecule has 0 saturated heterocycles. The fourth-order valence-corrected chi connectivity index (χ4v) is 2.98. The fourth-order valence-electron chi connectivity index (χ4n) is 2.98. The van der Waals surface area contributed by atoms with Crippen LogP contribution in [-0.2, 0) is 4.79 Å². The van der Waals surface area contributed by atoms with Crippen molar-refractivity contribution in [3.8, 4) is 5.75 Å². The van der Waals surface area contributed by atoms with Crippen LogP contribution in [0.1, 0.15) is 24.1 Å². The zero-order chi connectivity index (χ0) is 21.5. The van der Waals surface area contributed by atoms with E-state index >= 15 is 0 Å². The van der Waals surface area contributed by atoms with Gasteiger partial charge in [0.05, 0.1) is 12.1 Å². The van der Waals surface area contributed by atoms with E-state index in [2.05, 4.69) is 15.4 Å². The number of nitrogens with one attached hydrogen (secondary N) is 2. The summed E-state index contributed by atoms with van der Waals surface area (Å²) in [5, 5.41) is 6.00. The summed E-state index contributed by atoms with van der Waals surface area (Å²) in [6.07, 6.45) is 0. The van der Waals surface area contributed by atoms with Crippen LogP contribution in [0.4, 0.5) is 18.9 Å². The summed E-state index contributed by atoms with van der Waals surface area (Å²) in [5.74, 6) is -0.620. The fraction of sp³-hybridized carbons (Fsp3) is 0.174. The van der Waals surface area contributed by atoms with Gasteiger partial charge in [-0.3, -0.25) is 10.1 Å². The maximum Gasteiger partial charge on any atom is 0.387 e. The van der Waals surface area contributed by atoms with Crippen LogP contribution >= 0.6 is 0 Å². The largest absolute Gasteiger partial charge is 0.435 e. The molecule has 3 aromatic carbocycles. The van der Waals surface area contributed by atoms with E-state index in [1.54, 1.807) is 19.1 Å². The van der Waals surface area contributed by atoms with Gasteiger partial charge in [-0.05, 0) is 54.4 Å². The molecule has 3 aromatic rings. The highest BCUT2D eigenvalue weighted by Gasteiger charge is 2.21. The summed E-state index contributed by atoms with van der Waals surface area (Å²) >= 11 is 0. The Labute approximate surface area is 172 Å². The summed E-state index contributed by atoms with van der Waals surface area (Å²) in [5.41, 5.74) is 2.17. The number of alkyl halides is 2. The van der Waals surface area contributed by atoms with Crippen LogP contribution in [-0.4, -0.2) is 18.6 Å². The van der Waals surface area contributed by atoms with E-state index in [4.69, 9.17) is 0 Å². The molecule has 1 amide bonds. The summed E-state index contributed by atoms with van der Waals surface area (Å²) in [7, 11) is 0. The molecular weight excluding hydrogens is 393 g/mol. The van der Waals surface area contributed by atoms with Gasteiger partial charge in [-0.1, -0.05) is 42.5 Å². The van der Waals surface area contributed by atoms with E-state index in [-0.39, 0.29) is 23.5 Å². The lowest BCUT2D eigenvalue weighted by molar-refractivity contribution is -0.117. The Morgan fingerprint density at radius 1 is 0.867 bits per heavy atom. The van der Waals surface area contributed by atoms with E-state index in [0.29, 0.717) is 5.69 Å². The zero-order valence-electron chi connectivity index (χ0n) is 16.2. The molecule has 0 bridgehead atoms. The standard InChI is InChI=1S/C23H21F3N2O2/c1-15(22(29)28-19-11-9-18(24)10-12-19)27-21(16-5-3-2-4-6-16)17-7-13-20(14-8-17)30-23(25)26/h2-15,21,23,27H,1H3,(H,28,29)/t15-,21-/m0/s1. The number of amides is 1. The number of anilines is 1. The maximum atomic E-state index is 13.1. The number of ether oxygens (including phenoxy) is 1. The van der Waals surface area contributed by atoms with Crippen LogP contribution in [0.5, 0.6) is 5.75 Å². The second-order valence-electron chi connectivity index (χ2n) is 6.68. The SMILES string of the molecule is C[C@H](N[C@@H](c1ccccc1)c1ccc(OC(F)F)cc1)C(=O)Nc1ccc(F)cc1. The van der Waals surface area contributed by atoms with Crippen LogP contribution in [0.15, 0.2) is 78.9 Å². The predicted molar refractivity (Wildman–Crippen MR) is 109 cm³/mol. The van der Waals surface area contributed by atoms with Gasteiger partial charge in [0, 0.05) is 5.69 Å². The molecule has 2 atom stereocenters. The number of hydrogen-bond donors (Lipinski definition) is 2. The molecule has 0 heterocycles. The first-order valence-electron chi connectivity index (χ1n) is 9.34. The van der Waals surface area contributed by atoms with Crippen LogP contribution in [0.2, 0.25) is 0 Å². The predicted octanol–water partition coefficient (Wildman–Crippen LogP) is 5.13. The molecule has 0 aromatic heterocycles. The van der Waals surface area contributed by atoms with Gasteiger partial charge < -0.3 is 10.1 Å². The molecule has 4 nitrogen and oxygen atoms in total. The number of rotatable bonds is 8. The smallest absolute Gasteiger partial charge is 0.387 e. The van der Waals surface area contributed by atoms with Crippen molar-refractivity contribution in [2.45, 2.75) is 25.6 Å². The van der Waals surface area contributed by atoms with Crippen LogP contribution in [0.3, 0.4) is 0 Å². The van der Waals surface area contributed by atoms with E-state index in [1.165, 1.54) is 36.4 Å². The molecule has 0 radical (unpaired) electrons. The Hall–Kier alpha value is -3.32. The molecule has 0 saturated carbocycles. The van der Waals surface area contributed by atoms with Gasteiger partial charge in [0.25, 0.3) is 0 Å². The minimum Gasteiger partial charge on any atom is -0.435 e. The molecule has 3 rings (SSSR count). The highest BCUT2D eigenvalue weighted by atomic mass is 19.3. The first kappa shape index (κ1) is 21.4. The maximum absolute atomic E-state index is 13.1. The van der Waals surface area contributed by atoms with Gasteiger partial charge in [-0.2, -0.15) is 8.78 Å². The summed E-state index contributed by atoms with van der Waals surface area (Å²) in [6.45, 7) is -1.18. The number of hydrogen-bond acceptors (Lipinski definition) is 3. The molecular formula is C23H21F3N2O2. The van der Waals surface area contributed by atoms with Gasteiger partial charge in [0.15, 0.2) is 0 Å². The lowest BCUT2D eigenvalue weighted by Crippen LogP contribution is -2.40. The van der Waals surface area contributed by atoms with Gasteiger partial charge in [-0.15, -0.1) is 0 Å². The third-order valence-corrected chi connectivity index (χ3v) is 4.49. The molecule has 0 aliphatic rings. The molecule has 0 aliphatic heterocycles. The molecule has 156 valence electrons. The molecule has 2 N–H and O–H groups in total. The van der Waals surface area contributed by atoms with Gasteiger partial charge >= 0.3 is 6.61 Å². The minimum atomic E-state index is -2.89. The normalized spacial score (nSPS) is 13.0. The Kier molecular flexibility index (Phi) is 7.08.